The van der Waals surface area contributed by atoms with Gasteiger partial charge in [-0.25, -0.2) is 9.59 Å². The van der Waals surface area contributed by atoms with Gasteiger partial charge in [-0.3, -0.25) is 29.0 Å². The summed E-state index contributed by atoms with van der Waals surface area (Å²) in [6.45, 7) is 17.8. The van der Waals surface area contributed by atoms with Gasteiger partial charge in [-0.05, 0) is 94.7 Å². The molecule has 6 atom stereocenters. The Hall–Kier alpha value is -6.12. The Morgan fingerprint density at radius 1 is 0.582 bits per heavy atom. The minimum absolute atomic E-state index is 0.0718. The van der Waals surface area contributed by atoms with Crippen LogP contribution in [0.2, 0.25) is 0 Å². The van der Waals surface area contributed by atoms with Crippen molar-refractivity contribution in [1.29, 1.82) is 0 Å². The molecule has 0 unspecified atom stereocenters. The summed E-state index contributed by atoms with van der Waals surface area (Å²) >= 11 is 0. The van der Waals surface area contributed by atoms with E-state index in [1.165, 1.54) is 29.5 Å². The molecule has 15 nitrogen and oxygen atoms in total. The lowest BCUT2D eigenvalue weighted by atomic mass is 9.81. The molecule has 0 bridgehead atoms. The highest BCUT2D eigenvalue weighted by Gasteiger charge is 2.55. The molecule has 0 radical (unpaired) electrons. The largest absolute Gasteiger partial charge is 0.465 e. The van der Waals surface area contributed by atoms with Gasteiger partial charge in [0.1, 0.15) is 23.2 Å². The predicted molar refractivity (Wildman–Crippen MR) is 257 cm³/mol. The summed E-state index contributed by atoms with van der Waals surface area (Å²) in [5, 5.41) is 19.9. The number of nitrogens with two attached hydrogens (primary N) is 2. The van der Waals surface area contributed by atoms with Gasteiger partial charge in [0.05, 0.1) is 12.1 Å². The zero-order valence-corrected chi connectivity index (χ0v) is 41.1. The van der Waals surface area contributed by atoms with E-state index in [-0.39, 0.29) is 30.6 Å². The summed E-state index contributed by atoms with van der Waals surface area (Å²) in [6.07, 6.45) is 0.674. The third-order valence-corrected chi connectivity index (χ3v) is 14.6. The summed E-state index contributed by atoms with van der Waals surface area (Å²) in [4.78, 5) is 87.9. The first-order chi connectivity index (χ1) is 31.1. The number of benzene rings is 3. The molecule has 3 heterocycles. The van der Waals surface area contributed by atoms with Crippen LogP contribution in [0.15, 0.2) is 72.8 Å². The van der Waals surface area contributed by atoms with Crippen molar-refractivity contribution in [2.75, 3.05) is 32.1 Å². The van der Waals surface area contributed by atoms with E-state index in [0.29, 0.717) is 36.8 Å². The van der Waals surface area contributed by atoms with E-state index in [2.05, 4.69) is 49.9 Å². The number of amides is 6. The molecule has 0 aliphatic carbocycles. The SMILES string of the molecule is CN(C(=O)O)[C@H](C(=O)N1CCC[C@@]1(C(N)=O)c1ccc([C@@H]2CC[C@@H](c3ccc([C@]4(C(N)=O)CCCN4C(=O)[C@@H](N(C)C(=O)O)C(C)(C)C)cc3)N2c2ccc(C(C)(C)C)cc2)cc1)C(C)(C)C. The molecular formula is C52H71N7O8. The van der Waals surface area contributed by atoms with Crippen LogP contribution in [0.25, 0.3) is 0 Å². The highest BCUT2D eigenvalue weighted by Crippen LogP contribution is 2.49. The Morgan fingerprint density at radius 3 is 1.21 bits per heavy atom. The Balaban J connectivity index is 1.37. The second-order valence-electron chi connectivity index (χ2n) is 22.0. The van der Waals surface area contributed by atoms with Crippen molar-refractivity contribution < 1.29 is 39.0 Å². The second kappa shape index (κ2) is 18.2. The van der Waals surface area contributed by atoms with Gasteiger partial charge in [0.15, 0.2) is 0 Å². The zero-order valence-electron chi connectivity index (χ0n) is 41.1. The maximum Gasteiger partial charge on any atom is 0.407 e. The summed E-state index contributed by atoms with van der Waals surface area (Å²) in [5.74, 6) is -2.29. The van der Waals surface area contributed by atoms with Crippen LogP contribution in [0.1, 0.15) is 141 Å². The van der Waals surface area contributed by atoms with Crippen LogP contribution in [0.5, 0.6) is 0 Å². The smallest absolute Gasteiger partial charge is 0.407 e. The van der Waals surface area contributed by atoms with Crippen molar-refractivity contribution in [3.05, 3.63) is 101 Å². The fraction of sp³-hybridized carbons (Fsp3) is 0.538. The van der Waals surface area contributed by atoms with Gasteiger partial charge in [0.2, 0.25) is 23.6 Å². The molecule has 3 aliphatic rings. The van der Waals surface area contributed by atoms with Gasteiger partial charge < -0.3 is 36.4 Å². The van der Waals surface area contributed by atoms with Crippen LogP contribution < -0.4 is 16.4 Å². The van der Waals surface area contributed by atoms with Crippen molar-refractivity contribution in [3.63, 3.8) is 0 Å². The number of carbonyl (C=O) groups is 6. The number of likely N-dealkylation sites (tertiary alicyclic amines) is 2. The number of primary amides is 2. The topological polar surface area (TPSA) is 211 Å². The van der Waals surface area contributed by atoms with Crippen LogP contribution >= 0.6 is 0 Å². The molecule has 362 valence electrons. The highest BCUT2D eigenvalue weighted by molar-refractivity contribution is 5.96. The van der Waals surface area contributed by atoms with Crippen LogP contribution in [-0.2, 0) is 35.7 Å². The number of rotatable bonds is 11. The van der Waals surface area contributed by atoms with Gasteiger partial charge >= 0.3 is 12.2 Å². The predicted octanol–water partition coefficient (Wildman–Crippen LogP) is 7.72. The van der Waals surface area contributed by atoms with E-state index in [9.17, 15) is 39.0 Å². The van der Waals surface area contributed by atoms with Gasteiger partial charge in [-0.1, -0.05) is 123 Å². The number of likely N-dealkylation sites (N-methyl/N-ethyl adjacent to an activating group) is 2. The maximum atomic E-state index is 14.4. The van der Waals surface area contributed by atoms with Crippen LogP contribution in [0.3, 0.4) is 0 Å². The third-order valence-electron chi connectivity index (χ3n) is 14.6. The standard InChI is InChI=1S/C52H71N7O8/c1-48(2,3)34-22-24-37(25-23-34)59-38(32-14-18-35(19-15-32)51(44(53)62)28-12-30-57(51)42(60)40(49(4,5)6)55(10)46(64)65)26-27-39(59)33-16-20-36(21-17-33)52(45(54)63)29-13-31-58(52)43(61)41(50(7,8)9)56(11)47(66)67/h14-25,38-41H,12-13,26-31H2,1-11H3,(H2,53,62)(H2,54,63)(H,64,65)(H,66,67)/t38-,39-,40+,41+,51-,52-/m0/s1. The summed E-state index contributed by atoms with van der Waals surface area (Å²) in [5.41, 5.74) is 13.2. The number of anilines is 1. The lowest BCUT2D eigenvalue weighted by Gasteiger charge is -2.43. The van der Waals surface area contributed by atoms with Gasteiger partial charge in [-0.2, -0.15) is 0 Å². The Kier molecular flexibility index (Phi) is 13.6. The van der Waals surface area contributed by atoms with Crippen LogP contribution in [0.4, 0.5) is 15.3 Å². The molecule has 3 aromatic rings. The molecule has 6 amide bonds. The Labute approximate surface area is 395 Å². The molecule has 3 saturated heterocycles. The van der Waals surface area contributed by atoms with Crippen molar-refractivity contribution in [1.82, 2.24) is 19.6 Å². The number of carboxylic acid groups (broad SMARTS) is 2. The molecule has 15 heteroatoms. The van der Waals surface area contributed by atoms with Crippen molar-refractivity contribution in [2.45, 2.75) is 141 Å². The average molecular weight is 922 g/mol. The molecule has 6 N–H and O–H groups in total. The number of hydrogen-bond acceptors (Lipinski definition) is 7. The Morgan fingerprint density at radius 2 is 0.925 bits per heavy atom. The van der Waals surface area contributed by atoms with Crippen LogP contribution in [-0.4, -0.2) is 105 Å². The molecule has 6 rings (SSSR count). The third kappa shape index (κ3) is 9.05. The molecule has 3 aliphatic heterocycles. The van der Waals surface area contributed by atoms with E-state index in [1.54, 1.807) is 41.5 Å². The molecule has 0 saturated carbocycles. The first-order valence-electron chi connectivity index (χ1n) is 23.3. The van der Waals surface area contributed by atoms with E-state index >= 15 is 0 Å². The fourth-order valence-corrected chi connectivity index (χ4v) is 11.3. The van der Waals surface area contributed by atoms with E-state index in [1.807, 2.05) is 48.5 Å². The minimum atomic E-state index is -1.47. The van der Waals surface area contributed by atoms with Gasteiger partial charge in [0.25, 0.3) is 0 Å². The quantitative estimate of drug-likeness (QED) is 0.148. The Bertz CT molecular complexity index is 2230. The normalized spacial score (nSPS) is 23.2. The molecule has 3 aromatic carbocycles. The number of nitrogens with zero attached hydrogens (tertiary/aromatic N) is 5. The number of hydrogen-bond donors (Lipinski definition) is 4. The first-order valence-corrected chi connectivity index (χ1v) is 23.3. The minimum Gasteiger partial charge on any atom is -0.465 e. The van der Waals surface area contributed by atoms with Gasteiger partial charge in [0, 0.05) is 32.9 Å². The lowest BCUT2D eigenvalue weighted by Crippen LogP contribution is -2.61. The summed E-state index contributed by atoms with van der Waals surface area (Å²) in [7, 11) is 2.74. The van der Waals surface area contributed by atoms with Gasteiger partial charge in [-0.15, -0.1) is 0 Å². The monoisotopic (exact) mass is 922 g/mol. The fourth-order valence-electron chi connectivity index (χ4n) is 11.3. The molecule has 0 aromatic heterocycles. The van der Waals surface area contributed by atoms with Crippen molar-refractivity contribution in [2.24, 2.45) is 22.3 Å². The summed E-state index contributed by atoms with van der Waals surface area (Å²) < 4.78 is 0. The molecule has 0 spiro atoms. The average Bonchev–Trinajstić information content (AvgIpc) is 4.01. The first kappa shape index (κ1) is 50.3. The highest BCUT2D eigenvalue weighted by atomic mass is 16.4. The van der Waals surface area contributed by atoms with E-state index < -0.39 is 69.8 Å². The summed E-state index contributed by atoms with van der Waals surface area (Å²) in [6, 6.07) is 21.7. The van der Waals surface area contributed by atoms with E-state index in [4.69, 9.17) is 11.5 Å². The maximum absolute atomic E-state index is 14.4. The van der Waals surface area contributed by atoms with E-state index in [0.717, 1.165) is 39.5 Å². The number of carbonyl (C=O) groups excluding carboxylic acids is 4. The lowest BCUT2D eigenvalue weighted by molar-refractivity contribution is -0.150. The second-order valence-corrected chi connectivity index (χ2v) is 22.0. The molecular weight excluding hydrogens is 851 g/mol. The van der Waals surface area contributed by atoms with Crippen molar-refractivity contribution in [3.8, 4) is 0 Å². The van der Waals surface area contributed by atoms with Crippen LogP contribution in [0, 0.1) is 10.8 Å². The molecule has 3 fully saturated rings. The molecule has 67 heavy (non-hydrogen) atoms. The van der Waals surface area contributed by atoms with Crippen molar-refractivity contribution >= 4 is 41.5 Å². The zero-order chi connectivity index (χ0) is 49.8.